The molecule has 0 spiro atoms. The molecular formula is C22H19ClN2O3S. The minimum absolute atomic E-state index is 0.145. The van der Waals surface area contributed by atoms with Crippen molar-refractivity contribution in [1.29, 1.82) is 0 Å². The van der Waals surface area contributed by atoms with Crippen molar-refractivity contribution in [3.63, 3.8) is 0 Å². The smallest absolute Gasteiger partial charge is 0.244 e. The fourth-order valence-electron chi connectivity index (χ4n) is 3.46. The van der Waals surface area contributed by atoms with Crippen LogP contribution in [0.25, 0.3) is 0 Å². The molecule has 1 heterocycles. The zero-order valence-corrected chi connectivity index (χ0v) is 17.0. The number of amides is 1. The lowest BCUT2D eigenvalue weighted by Gasteiger charge is -2.35. The molecule has 1 amide bonds. The summed E-state index contributed by atoms with van der Waals surface area (Å²) in [5, 5.41) is 3.38. The molecular weight excluding hydrogens is 408 g/mol. The first-order valence-electron chi connectivity index (χ1n) is 9.15. The highest BCUT2D eigenvalue weighted by atomic mass is 35.5. The first-order chi connectivity index (χ1) is 13.9. The van der Waals surface area contributed by atoms with Gasteiger partial charge in [0.2, 0.25) is 15.9 Å². The van der Waals surface area contributed by atoms with Crippen molar-refractivity contribution in [2.24, 2.45) is 0 Å². The Morgan fingerprint density at radius 3 is 2.21 bits per heavy atom. The van der Waals surface area contributed by atoms with E-state index in [1.807, 2.05) is 24.3 Å². The molecule has 3 aromatic rings. The molecule has 0 fully saturated rings. The lowest BCUT2D eigenvalue weighted by Crippen LogP contribution is -2.50. The Bertz CT molecular complexity index is 1130. The van der Waals surface area contributed by atoms with Crippen LogP contribution in [0.4, 0.5) is 5.69 Å². The summed E-state index contributed by atoms with van der Waals surface area (Å²) >= 11 is 5.90. The Labute approximate surface area is 175 Å². The molecule has 1 aliphatic heterocycles. The van der Waals surface area contributed by atoms with Gasteiger partial charge in [0, 0.05) is 17.3 Å². The van der Waals surface area contributed by atoms with Crippen molar-refractivity contribution in [3.05, 3.63) is 95.0 Å². The maximum atomic E-state index is 13.3. The van der Waals surface area contributed by atoms with E-state index >= 15 is 0 Å². The van der Waals surface area contributed by atoms with Crippen LogP contribution in [0.2, 0.25) is 5.02 Å². The number of halogens is 1. The van der Waals surface area contributed by atoms with Gasteiger partial charge < -0.3 is 5.32 Å². The van der Waals surface area contributed by atoms with Gasteiger partial charge in [-0.3, -0.25) is 4.79 Å². The summed E-state index contributed by atoms with van der Waals surface area (Å²) in [6.07, 6.45) is 0.307. The largest absolute Gasteiger partial charge is 0.325 e. The molecule has 0 saturated carbocycles. The van der Waals surface area contributed by atoms with Crippen LogP contribution in [0.3, 0.4) is 0 Å². The number of hydrogen-bond donors (Lipinski definition) is 1. The van der Waals surface area contributed by atoms with Crippen LogP contribution in [0.15, 0.2) is 83.8 Å². The van der Waals surface area contributed by atoms with Crippen LogP contribution >= 0.6 is 11.6 Å². The molecule has 0 bridgehead atoms. The van der Waals surface area contributed by atoms with E-state index in [2.05, 4.69) is 5.32 Å². The van der Waals surface area contributed by atoms with Crippen LogP contribution < -0.4 is 5.32 Å². The average molecular weight is 427 g/mol. The number of nitrogens with one attached hydrogen (secondary N) is 1. The van der Waals surface area contributed by atoms with Crippen molar-refractivity contribution in [1.82, 2.24) is 4.31 Å². The number of hydrogen-bond acceptors (Lipinski definition) is 3. The van der Waals surface area contributed by atoms with Gasteiger partial charge in [0.1, 0.15) is 6.04 Å². The molecule has 1 N–H and O–H groups in total. The van der Waals surface area contributed by atoms with E-state index in [1.54, 1.807) is 54.6 Å². The third-order valence-electron chi connectivity index (χ3n) is 4.97. The van der Waals surface area contributed by atoms with Gasteiger partial charge >= 0.3 is 0 Å². The van der Waals surface area contributed by atoms with Crippen molar-refractivity contribution in [3.8, 4) is 0 Å². The second-order valence-corrected chi connectivity index (χ2v) is 9.18. The Hall–Kier alpha value is -2.67. The summed E-state index contributed by atoms with van der Waals surface area (Å²) in [6.45, 7) is 0.145. The van der Waals surface area contributed by atoms with Crippen LogP contribution in [-0.4, -0.2) is 24.7 Å². The number of anilines is 1. The third kappa shape index (κ3) is 4.05. The Balaban J connectivity index is 1.70. The van der Waals surface area contributed by atoms with Crippen LogP contribution in [0.1, 0.15) is 11.1 Å². The molecule has 0 aromatic heterocycles. The highest BCUT2D eigenvalue weighted by molar-refractivity contribution is 7.89. The summed E-state index contributed by atoms with van der Waals surface area (Å²) in [5.41, 5.74) is 2.45. The van der Waals surface area contributed by atoms with Gasteiger partial charge in [0.15, 0.2) is 0 Å². The Morgan fingerprint density at radius 2 is 1.52 bits per heavy atom. The fourth-order valence-corrected chi connectivity index (χ4v) is 5.17. The van der Waals surface area contributed by atoms with Crippen molar-refractivity contribution in [2.45, 2.75) is 23.9 Å². The van der Waals surface area contributed by atoms with Gasteiger partial charge in [0.05, 0.1) is 4.90 Å². The summed E-state index contributed by atoms with van der Waals surface area (Å²) in [6, 6.07) is 21.7. The van der Waals surface area contributed by atoms with Crippen molar-refractivity contribution >= 4 is 33.2 Å². The average Bonchev–Trinajstić information content (AvgIpc) is 2.75. The standard InChI is InChI=1S/C22H19ClN2O3S/c23-18-10-12-19(13-11-18)24-22(26)21-14-16-6-4-5-7-17(16)15-25(21)29(27,28)20-8-2-1-3-9-20/h1-13,21H,14-15H2,(H,24,26)/t21-/m0/s1. The topological polar surface area (TPSA) is 66.5 Å². The summed E-state index contributed by atoms with van der Waals surface area (Å²) in [7, 11) is -3.85. The first-order valence-corrected chi connectivity index (χ1v) is 11.0. The maximum absolute atomic E-state index is 13.3. The van der Waals surface area contributed by atoms with Crippen molar-refractivity contribution in [2.75, 3.05) is 5.32 Å². The molecule has 0 saturated heterocycles. The number of fused-ring (bicyclic) bond motifs is 1. The van der Waals surface area contributed by atoms with Gasteiger partial charge in [0.25, 0.3) is 0 Å². The summed E-state index contributed by atoms with van der Waals surface area (Å²) in [4.78, 5) is 13.3. The molecule has 0 aliphatic carbocycles. The minimum Gasteiger partial charge on any atom is -0.325 e. The lowest BCUT2D eigenvalue weighted by atomic mass is 9.95. The predicted molar refractivity (Wildman–Crippen MR) is 113 cm³/mol. The lowest BCUT2D eigenvalue weighted by molar-refractivity contribution is -0.120. The Kier molecular flexibility index (Phi) is 5.41. The normalized spacial score (nSPS) is 16.8. The summed E-state index contributed by atoms with van der Waals surface area (Å²) < 4.78 is 28.0. The quantitative estimate of drug-likeness (QED) is 0.683. The first kappa shape index (κ1) is 19.6. The van der Waals surface area contributed by atoms with Gasteiger partial charge in [-0.25, -0.2) is 8.42 Å². The second-order valence-electron chi connectivity index (χ2n) is 6.85. The molecule has 1 atom stereocenters. The molecule has 7 heteroatoms. The summed E-state index contributed by atoms with van der Waals surface area (Å²) in [5.74, 6) is -0.374. The molecule has 5 nitrogen and oxygen atoms in total. The van der Waals surface area contributed by atoms with E-state index in [0.29, 0.717) is 17.1 Å². The molecule has 148 valence electrons. The minimum atomic E-state index is -3.85. The number of sulfonamides is 1. The van der Waals surface area contributed by atoms with E-state index in [0.717, 1.165) is 11.1 Å². The van der Waals surface area contributed by atoms with Gasteiger partial charge in [-0.2, -0.15) is 4.31 Å². The monoisotopic (exact) mass is 426 g/mol. The van der Waals surface area contributed by atoms with E-state index in [-0.39, 0.29) is 17.3 Å². The number of rotatable bonds is 4. The van der Waals surface area contributed by atoms with E-state index in [9.17, 15) is 13.2 Å². The van der Waals surface area contributed by atoms with E-state index in [1.165, 1.54) is 4.31 Å². The Morgan fingerprint density at radius 1 is 0.897 bits per heavy atom. The zero-order chi connectivity index (χ0) is 20.4. The highest BCUT2D eigenvalue weighted by Crippen LogP contribution is 2.30. The number of benzene rings is 3. The molecule has 4 rings (SSSR count). The SMILES string of the molecule is O=C(Nc1ccc(Cl)cc1)[C@@H]1Cc2ccccc2CN1S(=O)(=O)c1ccccc1. The fraction of sp³-hybridized carbons (Fsp3) is 0.136. The second kappa shape index (κ2) is 7.99. The zero-order valence-electron chi connectivity index (χ0n) is 15.5. The van der Waals surface area contributed by atoms with Gasteiger partial charge in [-0.1, -0.05) is 54.1 Å². The highest BCUT2D eigenvalue weighted by Gasteiger charge is 2.39. The predicted octanol–water partition coefficient (Wildman–Crippen LogP) is 4.09. The van der Waals surface area contributed by atoms with Crippen molar-refractivity contribution < 1.29 is 13.2 Å². The third-order valence-corrected chi connectivity index (χ3v) is 7.09. The van der Waals surface area contributed by atoms with Gasteiger partial charge in [-0.15, -0.1) is 0 Å². The van der Waals surface area contributed by atoms with Crippen LogP contribution in [0, 0.1) is 0 Å². The molecule has 0 unspecified atom stereocenters. The number of nitrogens with zero attached hydrogens (tertiary/aromatic N) is 1. The maximum Gasteiger partial charge on any atom is 0.244 e. The molecule has 3 aromatic carbocycles. The van der Waals surface area contributed by atoms with Crippen LogP contribution in [-0.2, 0) is 27.8 Å². The van der Waals surface area contributed by atoms with Crippen LogP contribution in [0.5, 0.6) is 0 Å². The molecule has 1 aliphatic rings. The molecule has 0 radical (unpaired) electrons. The van der Waals surface area contributed by atoms with E-state index < -0.39 is 16.1 Å². The number of carbonyl (C=O) groups excluding carboxylic acids is 1. The van der Waals surface area contributed by atoms with E-state index in [4.69, 9.17) is 11.6 Å². The number of carbonyl (C=O) groups is 1. The van der Waals surface area contributed by atoms with Gasteiger partial charge in [-0.05, 0) is 53.9 Å². The molecule has 29 heavy (non-hydrogen) atoms.